The van der Waals surface area contributed by atoms with Crippen molar-refractivity contribution in [1.82, 2.24) is 5.43 Å². The smallest absolute Gasteiger partial charge is 0.0556 e. The van der Waals surface area contributed by atoms with Gasteiger partial charge in [-0.15, -0.1) is 22.7 Å². The zero-order valence-corrected chi connectivity index (χ0v) is 12.6. The highest BCUT2D eigenvalue weighted by molar-refractivity contribution is 7.26. The monoisotopic (exact) mass is 292 g/mol. The van der Waals surface area contributed by atoms with Crippen LogP contribution in [0.1, 0.15) is 43.0 Å². The van der Waals surface area contributed by atoms with E-state index >= 15 is 0 Å². The molecular formula is C15H20N2S2. The van der Waals surface area contributed by atoms with Gasteiger partial charge < -0.3 is 0 Å². The lowest BCUT2D eigenvalue weighted by Gasteiger charge is -2.25. The maximum atomic E-state index is 5.83. The van der Waals surface area contributed by atoms with Crippen LogP contribution < -0.4 is 11.3 Å². The van der Waals surface area contributed by atoms with E-state index in [1.54, 1.807) is 0 Å². The molecule has 0 spiro atoms. The summed E-state index contributed by atoms with van der Waals surface area (Å²) < 4.78 is 2.82. The molecular weight excluding hydrogens is 272 g/mol. The molecule has 2 fully saturated rings. The summed E-state index contributed by atoms with van der Waals surface area (Å²) >= 11 is 3.74. The number of nitrogens with two attached hydrogens (primary N) is 1. The maximum Gasteiger partial charge on any atom is 0.0556 e. The van der Waals surface area contributed by atoms with Gasteiger partial charge in [-0.3, -0.25) is 11.3 Å². The minimum atomic E-state index is 0.356. The molecule has 2 aliphatic rings. The second-order valence-corrected chi connectivity index (χ2v) is 8.25. The normalized spacial score (nSPS) is 31.3. The lowest BCUT2D eigenvalue weighted by atomic mass is 9.84. The summed E-state index contributed by atoms with van der Waals surface area (Å²) in [5.41, 5.74) is 3.07. The quantitative estimate of drug-likeness (QED) is 0.651. The Morgan fingerprint density at radius 2 is 2.26 bits per heavy atom. The number of hydrogen-bond donors (Lipinski definition) is 2. The van der Waals surface area contributed by atoms with Gasteiger partial charge in [-0.2, -0.15) is 0 Å². The van der Waals surface area contributed by atoms with Gasteiger partial charge in [-0.05, 0) is 60.9 Å². The van der Waals surface area contributed by atoms with E-state index in [4.69, 9.17) is 5.84 Å². The molecule has 2 saturated carbocycles. The Morgan fingerprint density at radius 1 is 1.32 bits per heavy atom. The van der Waals surface area contributed by atoms with Gasteiger partial charge in [0, 0.05) is 14.3 Å². The van der Waals surface area contributed by atoms with Crippen molar-refractivity contribution in [2.75, 3.05) is 0 Å². The molecule has 0 amide bonds. The van der Waals surface area contributed by atoms with Crippen molar-refractivity contribution in [1.29, 1.82) is 0 Å². The van der Waals surface area contributed by atoms with E-state index in [9.17, 15) is 0 Å². The van der Waals surface area contributed by atoms with Crippen LogP contribution in [0, 0.1) is 17.8 Å². The van der Waals surface area contributed by atoms with Gasteiger partial charge in [0.15, 0.2) is 0 Å². The number of fused-ring (bicyclic) bond motifs is 3. The molecule has 4 atom stereocenters. The van der Waals surface area contributed by atoms with E-state index in [2.05, 4.69) is 22.9 Å². The molecule has 102 valence electrons. The van der Waals surface area contributed by atoms with Crippen LogP contribution in [-0.4, -0.2) is 0 Å². The Balaban J connectivity index is 1.52. The number of rotatable bonds is 4. The fourth-order valence-electron chi connectivity index (χ4n) is 4.19. The highest BCUT2D eigenvalue weighted by atomic mass is 32.1. The second kappa shape index (κ2) is 4.85. The van der Waals surface area contributed by atoms with Gasteiger partial charge in [-0.25, -0.2) is 0 Å². The molecule has 2 aliphatic carbocycles. The minimum Gasteiger partial charge on any atom is -0.271 e. The molecule has 2 aromatic heterocycles. The summed E-state index contributed by atoms with van der Waals surface area (Å²) in [5.74, 6) is 8.75. The number of hydrogen-bond acceptors (Lipinski definition) is 4. The number of thiophene rings is 2. The van der Waals surface area contributed by atoms with Crippen molar-refractivity contribution in [3.8, 4) is 0 Å². The van der Waals surface area contributed by atoms with Crippen LogP contribution >= 0.6 is 22.7 Å². The molecule has 4 heteroatoms. The Bertz CT molecular complexity index is 545. The van der Waals surface area contributed by atoms with E-state index in [1.165, 1.54) is 46.4 Å². The fraction of sp³-hybridized carbons (Fsp3) is 0.600. The minimum absolute atomic E-state index is 0.356. The van der Waals surface area contributed by atoms with Crippen LogP contribution in [0.2, 0.25) is 0 Å². The Kier molecular flexibility index (Phi) is 3.14. The molecule has 4 unspecified atom stereocenters. The topological polar surface area (TPSA) is 38.0 Å². The van der Waals surface area contributed by atoms with Crippen LogP contribution in [0.3, 0.4) is 0 Å². The Hall–Kier alpha value is -0.420. The standard InChI is InChI=1S/C15H20N2S2/c16-17-12(7-11-6-9-1-2-10(11)5-9)14-8-15-13(19-14)3-4-18-15/h3-4,8-12,17H,1-2,5-7,16H2. The first kappa shape index (κ1) is 12.3. The van der Waals surface area contributed by atoms with Crippen molar-refractivity contribution in [3.63, 3.8) is 0 Å². The van der Waals surface area contributed by atoms with E-state index in [1.807, 2.05) is 22.7 Å². The van der Waals surface area contributed by atoms with Crippen molar-refractivity contribution >= 4 is 32.1 Å². The van der Waals surface area contributed by atoms with Gasteiger partial charge in [0.05, 0.1) is 6.04 Å². The van der Waals surface area contributed by atoms with Gasteiger partial charge in [0.1, 0.15) is 0 Å². The summed E-state index contributed by atoms with van der Waals surface area (Å²) in [5, 5.41) is 2.17. The molecule has 2 heterocycles. The van der Waals surface area contributed by atoms with E-state index in [0.717, 1.165) is 17.8 Å². The third kappa shape index (κ3) is 2.15. The maximum absolute atomic E-state index is 5.83. The summed E-state index contributed by atoms with van der Waals surface area (Å²) in [6, 6.07) is 4.91. The van der Waals surface area contributed by atoms with Crippen LogP contribution in [0.5, 0.6) is 0 Å². The first-order valence-corrected chi connectivity index (χ1v) is 8.96. The Labute approximate surface area is 122 Å². The van der Waals surface area contributed by atoms with Gasteiger partial charge >= 0.3 is 0 Å². The van der Waals surface area contributed by atoms with Crippen molar-refractivity contribution in [3.05, 3.63) is 22.4 Å². The first-order chi connectivity index (χ1) is 9.33. The summed E-state index contributed by atoms with van der Waals surface area (Å²) in [4.78, 5) is 1.42. The molecule has 2 bridgehead atoms. The molecule has 0 aliphatic heterocycles. The molecule has 3 N–H and O–H groups in total. The Morgan fingerprint density at radius 3 is 2.95 bits per heavy atom. The molecule has 19 heavy (non-hydrogen) atoms. The van der Waals surface area contributed by atoms with Crippen LogP contribution in [0.25, 0.3) is 9.40 Å². The average Bonchev–Trinajstić information content (AvgIpc) is 3.13. The van der Waals surface area contributed by atoms with Crippen molar-refractivity contribution < 1.29 is 0 Å². The third-order valence-corrected chi connectivity index (χ3v) is 7.33. The fourth-order valence-corrected chi connectivity index (χ4v) is 6.38. The van der Waals surface area contributed by atoms with E-state index < -0.39 is 0 Å². The predicted octanol–water partition coefficient (Wildman–Crippen LogP) is 4.29. The van der Waals surface area contributed by atoms with Crippen molar-refractivity contribution in [2.45, 2.75) is 38.1 Å². The van der Waals surface area contributed by atoms with E-state index in [-0.39, 0.29) is 0 Å². The van der Waals surface area contributed by atoms with Gasteiger partial charge in [0.2, 0.25) is 0 Å². The summed E-state index contributed by atoms with van der Waals surface area (Å²) in [6.07, 6.45) is 7.11. The molecule has 0 saturated heterocycles. The highest BCUT2D eigenvalue weighted by Gasteiger charge is 2.40. The van der Waals surface area contributed by atoms with Crippen LogP contribution in [0.4, 0.5) is 0 Å². The highest BCUT2D eigenvalue weighted by Crippen LogP contribution is 2.51. The lowest BCUT2D eigenvalue weighted by Crippen LogP contribution is -2.30. The zero-order valence-electron chi connectivity index (χ0n) is 11.0. The van der Waals surface area contributed by atoms with E-state index in [0.29, 0.717) is 6.04 Å². The number of hydrazine groups is 1. The predicted molar refractivity (Wildman–Crippen MR) is 83.3 cm³/mol. The molecule has 2 aromatic rings. The van der Waals surface area contributed by atoms with Crippen LogP contribution in [0.15, 0.2) is 17.5 Å². The average molecular weight is 292 g/mol. The largest absolute Gasteiger partial charge is 0.271 e. The van der Waals surface area contributed by atoms with Gasteiger partial charge in [-0.1, -0.05) is 6.42 Å². The molecule has 0 aromatic carbocycles. The van der Waals surface area contributed by atoms with Crippen LogP contribution in [-0.2, 0) is 0 Å². The molecule has 2 nitrogen and oxygen atoms in total. The summed E-state index contributed by atoms with van der Waals surface area (Å²) in [6.45, 7) is 0. The number of nitrogens with one attached hydrogen (secondary N) is 1. The third-order valence-electron chi connectivity index (χ3n) is 5.13. The summed E-state index contributed by atoms with van der Waals surface area (Å²) in [7, 11) is 0. The first-order valence-electron chi connectivity index (χ1n) is 7.26. The molecule has 4 rings (SSSR count). The van der Waals surface area contributed by atoms with Crippen molar-refractivity contribution in [2.24, 2.45) is 23.6 Å². The second-order valence-electron chi connectivity index (χ2n) is 6.19. The SMILES string of the molecule is NNC(CC1CC2CCC1C2)c1cc2sccc2s1. The lowest BCUT2D eigenvalue weighted by molar-refractivity contribution is 0.281. The van der Waals surface area contributed by atoms with Gasteiger partial charge in [0.25, 0.3) is 0 Å². The zero-order chi connectivity index (χ0) is 12.8. The molecule has 0 radical (unpaired) electrons.